The van der Waals surface area contributed by atoms with Crippen LogP contribution in [-0.2, 0) is 12.0 Å². The number of aryl methyl sites for hydroxylation is 1. The lowest BCUT2D eigenvalue weighted by molar-refractivity contribution is 0.347. The summed E-state index contributed by atoms with van der Waals surface area (Å²) in [5.74, 6) is 1.17. The molecule has 0 spiro atoms. The van der Waals surface area contributed by atoms with Crippen LogP contribution in [0.4, 0.5) is 0 Å². The van der Waals surface area contributed by atoms with Crippen molar-refractivity contribution in [1.29, 1.82) is 0 Å². The minimum atomic E-state index is 0.0397. The van der Waals surface area contributed by atoms with Crippen LogP contribution in [0.1, 0.15) is 51.3 Å². The van der Waals surface area contributed by atoms with Gasteiger partial charge < -0.3 is 10.3 Å². The van der Waals surface area contributed by atoms with Gasteiger partial charge in [0.2, 0.25) is 0 Å². The predicted octanol–water partition coefficient (Wildman–Crippen LogP) is 4.26. The first-order valence-corrected chi connectivity index (χ1v) is 8.44. The van der Waals surface area contributed by atoms with Crippen molar-refractivity contribution in [3.8, 4) is 0 Å². The molecule has 1 saturated carbocycles. The number of hydrogen-bond donors (Lipinski definition) is 1. The molecule has 1 heterocycles. The van der Waals surface area contributed by atoms with Gasteiger partial charge in [0.05, 0.1) is 11.0 Å². The molecule has 1 fully saturated rings. The molecule has 4 heteroatoms. The fourth-order valence-corrected chi connectivity index (χ4v) is 3.91. The Labute approximate surface area is 131 Å². The summed E-state index contributed by atoms with van der Waals surface area (Å²) in [6.07, 6.45) is 7.46. The minimum absolute atomic E-state index is 0.0397. The number of halogens is 1. The Morgan fingerprint density at radius 1 is 1.24 bits per heavy atom. The van der Waals surface area contributed by atoms with Crippen LogP contribution in [0.15, 0.2) is 18.2 Å². The van der Waals surface area contributed by atoms with E-state index in [0.29, 0.717) is 6.54 Å². The van der Waals surface area contributed by atoms with Crippen molar-refractivity contribution >= 4 is 22.6 Å². The summed E-state index contributed by atoms with van der Waals surface area (Å²) in [5.41, 5.74) is 8.45. The third-order valence-electron chi connectivity index (χ3n) is 4.95. The fraction of sp³-hybridized carbons (Fsp3) is 0.588. The summed E-state index contributed by atoms with van der Waals surface area (Å²) in [7, 11) is 0. The van der Waals surface area contributed by atoms with Gasteiger partial charge in [-0.3, -0.25) is 0 Å². The highest BCUT2D eigenvalue weighted by atomic mass is 35.5. The first-order chi connectivity index (χ1) is 10.2. The number of nitrogens with two attached hydrogens (primary N) is 1. The average Bonchev–Trinajstić information content (AvgIpc) is 2.70. The van der Waals surface area contributed by atoms with E-state index in [4.69, 9.17) is 22.3 Å². The van der Waals surface area contributed by atoms with Crippen molar-refractivity contribution in [3.63, 3.8) is 0 Å². The van der Waals surface area contributed by atoms with Crippen molar-refractivity contribution in [1.82, 2.24) is 9.55 Å². The molecule has 0 unspecified atom stereocenters. The van der Waals surface area contributed by atoms with Gasteiger partial charge in [0, 0.05) is 23.5 Å². The molecule has 3 rings (SSSR count). The number of aromatic nitrogens is 2. The van der Waals surface area contributed by atoms with Gasteiger partial charge in [0.1, 0.15) is 5.82 Å². The summed E-state index contributed by atoms with van der Waals surface area (Å²) >= 11 is 6.17. The molecule has 0 bridgehead atoms. The van der Waals surface area contributed by atoms with E-state index in [1.54, 1.807) is 0 Å². The van der Waals surface area contributed by atoms with E-state index in [0.717, 1.165) is 35.4 Å². The second-order valence-corrected chi connectivity index (χ2v) is 6.65. The smallest absolute Gasteiger partial charge is 0.117 e. The molecule has 0 atom stereocenters. The van der Waals surface area contributed by atoms with Crippen LogP contribution in [0.25, 0.3) is 11.0 Å². The predicted molar refractivity (Wildman–Crippen MR) is 88.9 cm³/mol. The Morgan fingerprint density at radius 3 is 2.57 bits per heavy atom. The van der Waals surface area contributed by atoms with Crippen LogP contribution in [0, 0.1) is 0 Å². The molecule has 2 aromatic rings. The van der Waals surface area contributed by atoms with Crippen LogP contribution in [0.5, 0.6) is 0 Å². The van der Waals surface area contributed by atoms with Gasteiger partial charge in [-0.1, -0.05) is 37.3 Å². The van der Waals surface area contributed by atoms with E-state index in [9.17, 15) is 0 Å². The second kappa shape index (κ2) is 5.98. The van der Waals surface area contributed by atoms with Crippen molar-refractivity contribution in [3.05, 3.63) is 29.0 Å². The van der Waals surface area contributed by atoms with Gasteiger partial charge in [0.25, 0.3) is 0 Å². The maximum absolute atomic E-state index is 6.24. The molecular formula is C17H24ClN3. The molecule has 0 saturated heterocycles. The molecule has 114 valence electrons. The van der Waals surface area contributed by atoms with E-state index in [2.05, 4.69) is 11.5 Å². The molecule has 21 heavy (non-hydrogen) atoms. The molecule has 3 nitrogen and oxygen atoms in total. The first kappa shape index (κ1) is 14.9. The highest BCUT2D eigenvalue weighted by molar-refractivity contribution is 6.31. The average molecular weight is 306 g/mol. The van der Waals surface area contributed by atoms with E-state index >= 15 is 0 Å². The van der Waals surface area contributed by atoms with Crippen molar-refractivity contribution < 1.29 is 0 Å². The largest absolute Gasteiger partial charge is 0.329 e. The number of benzene rings is 1. The molecular weight excluding hydrogens is 282 g/mol. The molecule has 2 N–H and O–H groups in total. The van der Waals surface area contributed by atoms with Gasteiger partial charge >= 0.3 is 0 Å². The zero-order valence-corrected chi connectivity index (χ0v) is 13.5. The Balaban J connectivity index is 2.17. The van der Waals surface area contributed by atoms with Crippen LogP contribution in [-0.4, -0.2) is 16.1 Å². The van der Waals surface area contributed by atoms with Gasteiger partial charge in [-0.25, -0.2) is 4.98 Å². The van der Waals surface area contributed by atoms with E-state index < -0.39 is 0 Å². The van der Waals surface area contributed by atoms with E-state index in [1.807, 2.05) is 18.2 Å². The van der Waals surface area contributed by atoms with Crippen LogP contribution < -0.4 is 5.73 Å². The van der Waals surface area contributed by atoms with Gasteiger partial charge in [-0.05, 0) is 38.0 Å². The van der Waals surface area contributed by atoms with Crippen LogP contribution in [0.2, 0.25) is 5.02 Å². The third kappa shape index (κ3) is 2.58. The lowest BCUT2D eigenvalue weighted by Gasteiger charge is -2.31. The Hall–Kier alpha value is -1.06. The zero-order chi connectivity index (χ0) is 14.9. The Morgan fingerprint density at radius 2 is 1.95 bits per heavy atom. The maximum Gasteiger partial charge on any atom is 0.117 e. The number of rotatable bonds is 3. The zero-order valence-electron chi connectivity index (χ0n) is 12.7. The van der Waals surface area contributed by atoms with Crippen molar-refractivity contribution in [2.24, 2.45) is 5.73 Å². The number of hydrogen-bond acceptors (Lipinski definition) is 2. The summed E-state index contributed by atoms with van der Waals surface area (Å²) in [4.78, 5) is 4.96. The van der Waals surface area contributed by atoms with Gasteiger partial charge in [-0.2, -0.15) is 0 Å². The lowest BCUT2D eigenvalue weighted by Crippen LogP contribution is -2.37. The number of imidazole rings is 1. The minimum Gasteiger partial charge on any atom is -0.329 e. The van der Waals surface area contributed by atoms with Gasteiger partial charge in [0.15, 0.2) is 0 Å². The number of nitrogens with zero attached hydrogens (tertiary/aromatic N) is 2. The highest BCUT2D eigenvalue weighted by Crippen LogP contribution is 2.38. The third-order valence-corrected chi connectivity index (χ3v) is 5.19. The Bertz CT molecular complexity index is 624. The SMILES string of the molecule is CCn1c(C2(CN)CCCCCC2)nc2ccc(Cl)cc21. The lowest BCUT2D eigenvalue weighted by atomic mass is 9.79. The first-order valence-electron chi connectivity index (χ1n) is 8.06. The molecule has 1 aliphatic rings. The summed E-state index contributed by atoms with van der Waals surface area (Å²) in [6.45, 7) is 3.77. The summed E-state index contributed by atoms with van der Waals surface area (Å²) in [6, 6.07) is 5.97. The fourth-order valence-electron chi connectivity index (χ4n) is 3.75. The molecule has 0 radical (unpaired) electrons. The standard InChI is InChI=1S/C17H24ClN3/c1-2-21-15-11-13(18)7-8-14(15)20-16(21)17(12-19)9-5-3-4-6-10-17/h7-8,11H,2-6,9-10,12,19H2,1H3. The monoisotopic (exact) mass is 305 g/mol. The highest BCUT2D eigenvalue weighted by Gasteiger charge is 2.36. The van der Waals surface area contributed by atoms with Crippen LogP contribution in [0.3, 0.4) is 0 Å². The van der Waals surface area contributed by atoms with Crippen LogP contribution >= 0.6 is 11.6 Å². The second-order valence-electron chi connectivity index (χ2n) is 6.21. The van der Waals surface area contributed by atoms with E-state index in [-0.39, 0.29) is 5.41 Å². The maximum atomic E-state index is 6.24. The molecule has 0 amide bonds. The Kier molecular flexibility index (Phi) is 4.23. The van der Waals surface area contributed by atoms with E-state index in [1.165, 1.54) is 31.5 Å². The molecule has 1 aromatic carbocycles. The number of fused-ring (bicyclic) bond motifs is 1. The topological polar surface area (TPSA) is 43.8 Å². The van der Waals surface area contributed by atoms with Gasteiger partial charge in [-0.15, -0.1) is 0 Å². The molecule has 0 aliphatic heterocycles. The summed E-state index contributed by atoms with van der Waals surface area (Å²) in [5, 5.41) is 0.770. The molecule has 1 aromatic heterocycles. The summed E-state index contributed by atoms with van der Waals surface area (Å²) < 4.78 is 2.32. The quantitative estimate of drug-likeness (QED) is 0.861. The van der Waals surface area contributed by atoms with Crippen molar-refractivity contribution in [2.45, 2.75) is 57.4 Å². The normalized spacial score (nSPS) is 18.8. The van der Waals surface area contributed by atoms with Crippen molar-refractivity contribution in [2.75, 3.05) is 6.54 Å². The molecule has 1 aliphatic carbocycles.